The van der Waals surface area contributed by atoms with Crippen LogP contribution in [0.5, 0.6) is 0 Å². The van der Waals surface area contributed by atoms with Crippen molar-refractivity contribution in [1.29, 1.82) is 0 Å². The smallest absolute Gasteiger partial charge is 0.251 e. The van der Waals surface area contributed by atoms with Crippen molar-refractivity contribution >= 4 is 5.91 Å². The molecule has 4 rings (SSSR count). The molecule has 1 aromatic rings. The number of rotatable bonds is 3. The number of furan rings is 1. The van der Waals surface area contributed by atoms with E-state index in [1.165, 1.54) is 5.56 Å². The number of nitrogens with zero attached hydrogens (tertiary/aromatic N) is 2. The van der Waals surface area contributed by atoms with Gasteiger partial charge in [-0.3, -0.25) is 9.69 Å². The second kappa shape index (κ2) is 6.89. The highest BCUT2D eigenvalue weighted by Gasteiger charge is 2.43. The highest BCUT2D eigenvalue weighted by Crippen LogP contribution is 2.35. The summed E-state index contributed by atoms with van der Waals surface area (Å²) in [7, 11) is 0. The van der Waals surface area contributed by atoms with Crippen molar-refractivity contribution in [2.75, 3.05) is 26.2 Å². The Hall–Kier alpha value is -1.33. The predicted octanol–water partition coefficient (Wildman–Crippen LogP) is 2.52. The molecule has 3 fully saturated rings. The van der Waals surface area contributed by atoms with Gasteiger partial charge in [-0.25, -0.2) is 0 Å². The molecule has 3 saturated heterocycles. The first-order valence-electron chi connectivity index (χ1n) is 9.36. The number of fused-ring (bicyclic) bond motifs is 1. The first-order chi connectivity index (χ1) is 11.7. The van der Waals surface area contributed by atoms with E-state index in [-0.39, 0.29) is 18.1 Å². The second-order valence-electron chi connectivity index (χ2n) is 7.82. The molecule has 0 aliphatic carbocycles. The monoisotopic (exact) mass is 332 g/mol. The van der Waals surface area contributed by atoms with Gasteiger partial charge in [0.1, 0.15) is 6.10 Å². The molecule has 5 nitrogen and oxygen atoms in total. The number of amides is 1. The fourth-order valence-electron chi connectivity index (χ4n) is 4.37. The van der Waals surface area contributed by atoms with Gasteiger partial charge in [0.25, 0.3) is 5.91 Å². The van der Waals surface area contributed by atoms with Crippen LogP contribution in [-0.2, 0) is 16.1 Å². The van der Waals surface area contributed by atoms with E-state index in [9.17, 15) is 4.79 Å². The third-order valence-corrected chi connectivity index (χ3v) is 5.99. The molecule has 24 heavy (non-hydrogen) atoms. The van der Waals surface area contributed by atoms with Crippen molar-refractivity contribution in [3.05, 3.63) is 24.2 Å². The molecule has 3 aliphatic heterocycles. The molecule has 3 aliphatic rings. The molecular weight excluding hydrogens is 304 g/mol. The van der Waals surface area contributed by atoms with Crippen LogP contribution in [0.15, 0.2) is 23.0 Å². The molecule has 0 saturated carbocycles. The maximum absolute atomic E-state index is 12.8. The lowest BCUT2D eigenvalue weighted by Crippen LogP contribution is -2.44. The van der Waals surface area contributed by atoms with Crippen LogP contribution in [0.1, 0.15) is 38.2 Å². The molecule has 3 atom stereocenters. The maximum atomic E-state index is 12.8. The van der Waals surface area contributed by atoms with Gasteiger partial charge >= 0.3 is 0 Å². The van der Waals surface area contributed by atoms with Crippen molar-refractivity contribution in [1.82, 2.24) is 9.80 Å². The minimum atomic E-state index is -0.206. The zero-order chi connectivity index (χ0) is 16.5. The lowest BCUT2D eigenvalue weighted by atomic mass is 9.91. The Morgan fingerprint density at radius 1 is 1.25 bits per heavy atom. The van der Waals surface area contributed by atoms with E-state index in [1.54, 1.807) is 6.26 Å². The average Bonchev–Trinajstić information content (AvgIpc) is 3.24. The SMILES string of the molecule is CC1CCN(C(=O)[C@@H]2C[C@@H]3CCN(Cc4ccoc4)C[C@H]3O2)CC1. The van der Waals surface area contributed by atoms with E-state index >= 15 is 0 Å². The molecule has 5 heteroatoms. The number of likely N-dealkylation sites (tertiary alicyclic amines) is 2. The van der Waals surface area contributed by atoms with Crippen LogP contribution in [0, 0.1) is 11.8 Å². The Morgan fingerprint density at radius 2 is 2.08 bits per heavy atom. The predicted molar refractivity (Wildman–Crippen MR) is 90.3 cm³/mol. The topological polar surface area (TPSA) is 45.9 Å². The van der Waals surface area contributed by atoms with Gasteiger partial charge in [0, 0.05) is 31.7 Å². The number of carbonyl (C=O) groups is 1. The van der Waals surface area contributed by atoms with Gasteiger partial charge in [0.2, 0.25) is 0 Å². The van der Waals surface area contributed by atoms with Crippen molar-refractivity contribution in [3.8, 4) is 0 Å². The van der Waals surface area contributed by atoms with E-state index in [4.69, 9.17) is 9.15 Å². The molecule has 0 unspecified atom stereocenters. The minimum absolute atomic E-state index is 0.206. The van der Waals surface area contributed by atoms with Crippen LogP contribution in [-0.4, -0.2) is 54.1 Å². The third-order valence-electron chi connectivity index (χ3n) is 5.99. The summed E-state index contributed by atoms with van der Waals surface area (Å²) >= 11 is 0. The summed E-state index contributed by atoms with van der Waals surface area (Å²) in [5, 5.41) is 0. The number of hydrogen-bond donors (Lipinski definition) is 0. The fourth-order valence-corrected chi connectivity index (χ4v) is 4.37. The number of ether oxygens (including phenoxy) is 1. The molecule has 0 N–H and O–H groups in total. The van der Waals surface area contributed by atoms with Crippen LogP contribution in [0.25, 0.3) is 0 Å². The van der Waals surface area contributed by atoms with Gasteiger partial charge in [-0.2, -0.15) is 0 Å². The van der Waals surface area contributed by atoms with Crippen LogP contribution in [0.4, 0.5) is 0 Å². The maximum Gasteiger partial charge on any atom is 0.251 e. The Bertz CT molecular complexity index is 551. The van der Waals surface area contributed by atoms with E-state index in [0.29, 0.717) is 5.92 Å². The zero-order valence-corrected chi connectivity index (χ0v) is 14.5. The lowest BCUT2D eigenvalue weighted by molar-refractivity contribution is -0.145. The first kappa shape index (κ1) is 16.2. The lowest BCUT2D eigenvalue weighted by Gasteiger charge is -2.34. The summed E-state index contributed by atoms with van der Waals surface area (Å²) in [6, 6.07) is 2.02. The summed E-state index contributed by atoms with van der Waals surface area (Å²) in [5.74, 6) is 1.53. The summed E-state index contributed by atoms with van der Waals surface area (Å²) in [6.45, 7) is 7.00. The Morgan fingerprint density at radius 3 is 2.83 bits per heavy atom. The summed E-state index contributed by atoms with van der Waals surface area (Å²) in [5.41, 5.74) is 1.21. The van der Waals surface area contributed by atoms with Crippen LogP contribution >= 0.6 is 0 Å². The molecule has 132 valence electrons. The second-order valence-corrected chi connectivity index (χ2v) is 7.82. The standard InChI is InChI=1S/C19H28N2O3/c1-14-2-7-21(8-3-14)19(22)17-10-16-4-6-20(12-18(16)24-17)11-15-5-9-23-13-15/h5,9,13-14,16-18H,2-4,6-8,10-12H2,1H3/t16-,17-,18+/m0/s1. The molecular formula is C19H28N2O3. The van der Waals surface area contributed by atoms with Crippen LogP contribution in [0.3, 0.4) is 0 Å². The van der Waals surface area contributed by atoms with E-state index < -0.39 is 0 Å². The number of hydrogen-bond acceptors (Lipinski definition) is 4. The molecule has 0 bridgehead atoms. The van der Waals surface area contributed by atoms with Gasteiger partial charge < -0.3 is 14.1 Å². The van der Waals surface area contributed by atoms with Crippen LogP contribution in [0.2, 0.25) is 0 Å². The Balaban J connectivity index is 1.31. The van der Waals surface area contributed by atoms with Crippen molar-refractivity contribution < 1.29 is 13.9 Å². The Labute approximate surface area is 143 Å². The summed E-state index contributed by atoms with van der Waals surface area (Å²) in [6.07, 6.45) is 7.84. The summed E-state index contributed by atoms with van der Waals surface area (Å²) < 4.78 is 11.4. The van der Waals surface area contributed by atoms with E-state index in [2.05, 4.69) is 11.8 Å². The summed E-state index contributed by atoms with van der Waals surface area (Å²) in [4.78, 5) is 17.2. The largest absolute Gasteiger partial charge is 0.472 e. The molecule has 1 aromatic heterocycles. The molecule has 1 amide bonds. The highest BCUT2D eigenvalue weighted by molar-refractivity contribution is 5.81. The minimum Gasteiger partial charge on any atom is -0.472 e. The molecule has 0 spiro atoms. The molecule has 4 heterocycles. The number of piperidine rings is 2. The van der Waals surface area contributed by atoms with Gasteiger partial charge in [0.05, 0.1) is 18.6 Å². The van der Waals surface area contributed by atoms with Crippen LogP contribution < -0.4 is 0 Å². The van der Waals surface area contributed by atoms with Gasteiger partial charge in [-0.05, 0) is 50.1 Å². The van der Waals surface area contributed by atoms with Gasteiger partial charge in [-0.1, -0.05) is 6.92 Å². The van der Waals surface area contributed by atoms with Gasteiger partial charge in [-0.15, -0.1) is 0 Å². The Kier molecular flexibility index (Phi) is 4.63. The first-order valence-corrected chi connectivity index (χ1v) is 9.36. The normalized spacial score (nSPS) is 32.0. The fraction of sp³-hybridized carbons (Fsp3) is 0.737. The van der Waals surface area contributed by atoms with Crippen molar-refractivity contribution in [2.24, 2.45) is 11.8 Å². The van der Waals surface area contributed by atoms with Crippen molar-refractivity contribution in [3.63, 3.8) is 0 Å². The van der Waals surface area contributed by atoms with E-state index in [1.807, 2.05) is 17.2 Å². The van der Waals surface area contributed by atoms with Crippen molar-refractivity contribution in [2.45, 2.75) is 51.4 Å². The molecule has 0 radical (unpaired) electrons. The average molecular weight is 332 g/mol. The third kappa shape index (κ3) is 3.38. The quantitative estimate of drug-likeness (QED) is 0.853. The molecule has 0 aromatic carbocycles. The van der Waals surface area contributed by atoms with E-state index in [0.717, 1.165) is 64.3 Å². The zero-order valence-electron chi connectivity index (χ0n) is 14.5. The van der Waals surface area contributed by atoms with Gasteiger partial charge in [0.15, 0.2) is 0 Å². The highest BCUT2D eigenvalue weighted by atomic mass is 16.5. The number of carbonyl (C=O) groups excluding carboxylic acids is 1.